The number of Topliss-reactive ketones (excluding diaryl/α,β-unsaturated/α-hetero) is 2. The summed E-state index contributed by atoms with van der Waals surface area (Å²) in [6.45, 7) is 4.95. The first-order valence-electron chi connectivity index (χ1n) is 5.93. The van der Waals surface area contributed by atoms with Crippen LogP contribution in [0.2, 0.25) is 0 Å². The summed E-state index contributed by atoms with van der Waals surface area (Å²) >= 11 is 0. The zero-order valence-corrected chi connectivity index (χ0v) is 12.1. The van der Waals surface area contributed by atoms with Crippen LogP contribution in [0.4, 0.5) is 0 Å². The van der Waals surface area contributed by atoms with Gasteiger partial charge < -0.3 is 39.9 Å². The summed E-state index contributed by atoms with van der Waals surface area (Å²) in [5, 5.41) is 45.0. The molecular weight excluding hydrogens is 272 g/mol. The van der Waals surface area contributed by atoms with E-state index in [-0.39, 0.29) is 18.2 Å². The summed E-state index contributed by atoms with van der Waals surface area (Å²) in [4.78, 5) is 18.9. The van der Waals surface area contributed by atoms with E-state index in [0.29, 0.717) is 0 Å². The molecule has 0 radical (unpaired) electrons. The second-order valence-corrected chi connectivity index (χ2v) is 4.63. The molecule has 0 aromatic rings. The molecule has 8 heteroatoms. The minimum Gasteiger partial charge on any atom is -0.391 e. The van der Waals surface area contributed by atoms with Gasteiger partial charge in [-0.2, -0.15) is 0 Å². The fraction of sp³-hybridized carbons (Fsp3) is 0.833. The molecule has 1 fully saturated rings. The van der Waals surface area contributed by atoms with Gasteiger partial charge in [-0.15, -0.1) is 0 Å². The molecule has 4 atom stereocenters. The molecule has 120 valence electrons. The zero-order chi connectivity index (χ0) is 16.5. The normalized spacial score (nSPS) is 32.1. The number of carbonyl (C=O) groups excluding carboxylic acids is 2. The second-order valence-electron chi connectivity index (χ2n) is 4.63. The molecule has 0 unspecified atom stereocenters. The van der Waals surface area contributed by atoms with Crippen molar-refractivity contribution in [3.05, 3.63) is 0 Å². The number of ketones is 2. The lowest BCUT2D eigenvalue weighted by molar-refractivity contribution is -0.331. The molecule has 8 nitrogen and oxygen atoms in total. The molecule has 1 heterocycles. The van der Waals surface area contributed by atoms with Crippen LogP contribution in [0.15, 0.2) is 0 Å². The number of aliphatic hydroxyl groups excluding tert-OH is 4. The second kappa shape index (κ2) is 9.92. The largest absolute Gasteiger partial charge is 0.391 e. The average Bonchev–Trinajstić information content (AvgIpc) is 2.30. The summed E-state index contributed by atoms with van der Waals surface area (Å²) in [6.07, 6.45) is -4.45. The van der Waals surface area contributed by atoms with Crippen molar-refractivity contribution < 1.29 is 39.9 Å². The first-order chi connectivity index (χ1) is 8.97. The van der Waals surface area contributed by atoms with Gasteiger partial charge in [-0.3, -0.25) is 0 Å². The number of carbonyl (C=O) groups is 2. The van der Waals surface area contributed by atoms with Crippen molar-refractivity contribution in [2.75, 3.05) is 13.2 Å². The summed E-state index contributed by atoms with van der Waals surface area (Å²) in [6, 6.07) is 0. The van der Waals surface area contributed by atoms with Crippen molar-refractivity contribution in [3.63, 3.8) is 0 Å². The van der Waals surface area contributed by atoms with E-state index < -0.39 is 30.7 Å². The highest BCUT2D eigenvalue weighted by molar-refractivity contribution is 5.72. The Morgan fingerprint density at radius 2 is 1.45 bits per heavy atom. The lowest BCUT2D eigenvalue weighted by Crippen LogP contribution is -2.62. The molecule has 1 aliphatic rings. The van der Waals surface area contributed by atoms with Gasteiger partial charge >= 0.3 is 0 Å². The van der Waals surface area contributed by atoms with Gasteiger partial charge in [0.2, 0.25) is 5.79 Å². The smallest absolute Gasteiger partial charge is 0.218 e. The lowest BCUT2D eigenvalue weighted by Gasteiger charge is -2.40. The fourth-order valence-corrected chi connectivity index (χ4v) is 1.03. The Kier molecular flexibility index (Phi) is 10.6. The van der Waals surface area contributed by atoms with Crippen molar-refractivity contribution in [1.82, 2.24) is 0 Å². The van der Waals surface area contributed by atoms with Gasteiger partial charge in [-0.1, -0.05) is 0 Å². The fourth-order valence-electron chi connectivity index (χ4n) is 1.03. The van der Waals surface area contributed by atoms with E-state index in [0.717, 1.165) is 0 Å². The van der Waals surface area contributed by atoms with Crippen molar-refractivity contribution in [2.45, 2.75) is 51.8 Å². The Hall–Kier alpha value is -0.900. The number of hydrogen-bond acceptors (Lipinski definition) is 8. The summed E-state index contributed by atoms with van der Waals surface area (Å²) < 4.78 is 4.56. The predicted molar refractivity (Wildman–Crippen MR) is 68.7 cm³/mol. The minimum atomic E-state index is -2.17. The molecule has 0 bridgehead atoms. The molecule has 0 spiro atoms. The Balaban J connectivity index is 0. The topological polar surface area (TPSA) is 145 Å². The van der Waals surface area contributed by atoms with E-state index in [2.05, 4.69) is 4.74 Å². The molecule has 1 aliphatic heterocycles. The predicted octanol–water partition coefficient (Wildman–Crippen LogP) is -2.03. The molecule has 1 rings (SSSR count). The Morgan fingerprint density at radius 3 is 1.75 bits per heavy atom. The van der Waals surface area contributed by atoms with Crippen molar-refractivity contribution in [1.29, 1.82) is 0 Å². The van der Waals surface area contributed by atoms with Gasteiger partial charge in [0, 0.05) is 0 Å². The maximum absolute atomic E-state index is 9.44. The molecule has 0 aromatic carbocycles. The van der Waals surface area contributed by atoms with Crippen LogP contribution < -0.4 is 0 Å². The van der Waals surface area contributed by atoms with Gasteiger partial charge in [0.15, 0.2) is 0 Å². The third-order valence-corrected chi connectivity index (χ3v) is 1.91. The van der Waals surface area contributed by atoms with Crippen LogP contribution in [-0.4, -0.2) is 74.4 Å². The maximum Gasteiger partial charge on any atom is 0.218 e. The van der Waals surface area contributed by atoms with Gasteiger partial charge in [-0.25, -0.2) is 0 Å². The van der Waals surface area contributed by atoms with Crippen molar-refractivity contribution in [2.24, 2.45) is 0 Å². The van der Waals surface area contributed by atoms with Crippen LogP contribution in [0.25, 0.3) is 0 Å². The number of ether oxygens (including phenoxy) is 1. The molecule has 0 aliphatic carbocycles. The summed E-state index contributed by atoms with van der Waals surface area (Å²) in [7, 11) is 0. The lowest BCUT2D eigenvalue weighted by atomic mass is 9.98. The number of rotatable bonds is 1. The van der Waals surface area contributed by atoms with E-state index in [1.54, 1.807) is 0 Å². The van der Waals surface area contributed by atoms with Gasteiger partial charge in [0.1, 0.15) is 29.9 Å². The first kappa shape index (κ1) is 21.4. The molecular formula is C12H24O8. The Labute approximate surface area is 117 Å². The highest BCUT2D eigenvalue weighted by Gasteiger charge is 2.47. The molecule has 0 aromatic heterocycles. The zero-order valence-electron chi connectivity index (χ0n) is 12.1. The van der Waals surface area contributed by atoms with E-state index in [9.17, 15) is 14.7 Å². The van der Waals surface area contributed by atoms with E-state index >= 15 is 0 Å². The standard InChI is InChI=1S/C6H12O6.2C3H6O/c7-2-6(11)5(10)4(9)3(8)1-12-6;2*1-3(2)4/h3-5,7-11H,1-2H2;2*1-2H3/t3-,4-,5+,6-;;/m1../s1. The minimum absolute atomic E-state index is 0.167. The van der Waals surface area contributed by atoms with Crippen molar-refractivity contribution in [3.8, 4) is 0 Å². The van der Waals surface area contributed by atoms with Gasteiger partial charge in [-0.05, 0) is 27.7 Å². The number of aliphatic hydroxyl groups is 5. The third kappa shape index (κ3) is 9.08. The maximum atomic E-state index is 9.44. The van der Waals surface area contributed by atoms with Gasteiger partial charge in [0.25, 0.3) is 0 Å². The van der Waals surface area contributed by atoms with Crippen LogP contribution >= 0.6 is 0 Å². The van der Waals surface area contributed by atoms with Gasteiger partial charge in [0.05, 0.1) is 13.2 Å². The van der Waals surface area contributed by atoms with Crippen LogP contribution in [-0.2, 0) is 14.3 Å². The van der Waals surface area contributed by atoms with Crippen LogP contribution in [0.5, 0.6) is 0 Å². The highest BCUT2D eigenvalue weighted by Crippen LogP contribution is 2.22. The Morgan fingerprint density at radius 1 is 1.10 bits per heavy atom. The van der Waals surface area contributed by atoms with E-state index in [4.69, 9.17) is 20.4 Å². The SMILES string of the molecule is CC(C)=O.CC(C)=O.OC[C@@]1(O)OC[C@@H](O)[C@@H](O)[C@@H]1O. The quantitative estimate of drug-likeness (QED) is 0.372. The van der Waals surface area contributed by atoms with E-state index in [1.165, 1.54) is 27.7 Å². The summed E-state index contributed by atoms with van der Waals surface area (Å²) in [5.74, 6) is -1.83. The number of hydrogen-bond donors (Lipinski definition) is 5. The third-order valence-electron chi connectivity index (χ3n) is 1.91. The molecule has 5 N–H and O–H groups in total. The molecule has 1 saturated heterocycles. The first-order valence-corrected chi connectivity index (χ1v) is 5.93. The van der Waals surface area contributed by atoms with Crippen molar-refractivity contribution >= 4 is 11.6 Å². The van der Waals surface area contributed by atoms with Crippen LogP contribution in [0, 0.1) is 0 Å². The monoisotopic (exact) mass is 296 g/mol. The Bertz CT molecular complexity index is 286. The molecule has 20 heavy (non-hydrogen) atoms. The van der Waals surface area contributed by atoms with Crippen LogP contribution in [0.1, 0.15) is 27.7 Å². The molecule has 0 saturated carbocycles. The average molecular weight is 296 g/mol. The van der Waals surface area contributed by atoms with Crippen LogP contribution in [0.3, 0.4) is 0 Å². The summed E-state index contributed by atoms with van der Waals surface area (Å²) in [5.41, 5.74) is 0. The van der Waals surface area contributed by atoms with E-state index in [1.807, 2.05) is 0 Å². The highest BCUT2D eigenvalue weighted by atomic mass is 16.7. The molecule has 0 amide bonds.